The van der Waals surface area contributed by atoms with Gasteiger partial charge in [-0.15, -0.1) is 0 Å². The molecule has 264 valence electrons. The first-order valence-electron chi connectivity index (χ1n) is 19.9. The largest absolute Gasteiger partial charge is 0.0714 e. The fraction of sp³-hybridized carbons (Fsp3) is 0.0175. The molecule has 0 aromatic heterocycles. The minimum Gasteiger partial charge on any atom is -0.0622 e. The van der Waals surface area contributed by atoms with E-state index in [4.69, 9.17) is 0 Å². The van der Waals surface area contributed by atoms with E-state index in [9.17, 15) is 0 Å². The van der Waals surface area contributed by atoms with Crippen molar-refractivity contribution in [2.45, 2.75) is 5.41 Å². The predicted molar refractivity (Wildman–Crippen MR) is 242 cm³/mol. The van der Waals surface area contributed by atoms with Crippen LogP contribution in [0.2, 0.25) is 0 Å². The van der Waals surface area contributed by atoms with Crippen molar-refractivity contribution in [3.8, 4) is 33.4 Å². The molecule has 0 bridgehead atoms. The molecule has 0 atom stereocenters. The maximum Gasteiger partial charge on any atom is 0.0714 e. The van der Waals surface area contributed by atoms with E-state index in [1.54, 1.807) is 0 Å². The van der Waals surface area contributed by atoms with Gasteiger partial charge in [-0.05, 0) is 128 Å². The molecule has 0 nitrogen and oxygen atoms in total. The van der Waals surface area contributed by atoms with Gasteiger partial charge in [0, 0.05) is 0 Å². The Bertz CT molecular complexity index is 3350. The third-order valence-corrected chi connectivity index (χ3v) is 12.7. The van der Waals surface area contributed by atoms with E-state index in [0.717, 1.165) is 0 Å². The lowest BCUT2D eigenvalue weighted by atomic mass is 9.67. The summed E-state index contributed by atoms with van der Waals surface area (Å²) >= 11 is 0. The smallest absolute Gasteiger partial charge is 0.0622 e. The number of benzene rings is 11. The van der Waals surface area contributed by atoms with Crippen molar-refractivity contribution in [2.24, 2.45) is 0 Å². The zero-order chi connectivity index (χ0) is 37.5. The Labute approximate surface area is 331 Å². The topological polar surface area (TPSA) is 0 Å². The molecule has 0 saturated carbocycles. The van der Waals surface area contributed by atoms with Crippen molar-refractivity contribution in [3.05, 3.63) is 241 Å². The van der Waals surface area contributed by atoms with E-state index < -0.39 is 5.41 Å². The molecule has 0 amide bonds. The molecule has 1 aliphatic rings. The van der Waals surface area contributed by atoms with Gasteiger partial charge in [0.1, 0.15) is 0 Å². The predicted octanol–water partition coefficient (Wildman–Crippen LogP) is 15.1. The van der Waals surface area contributed by atoms with Crippen LogP contribution in [0.15, 0.2) is 218 Å². The highest BCUT2D eigenvalue weighted by molar-refractivity contribution is 6.21. The summed E-state index contributed by atoms with van der Waals surface area (Å²) in [6.45, 7) is 0. The van der Waals surface area contributed by atoms with Crippen LogP contribution in [-0.4, -0.2) is 0 Å². The summed E-state index contributed by atoms with van der Waals surface area (Å²) in [4.78, 5) is 0. The minimum absolute atomic E-state index is 0.525. The summed E-state index contributed by atoms with van der Waals surface area (Å²) in [6.07, 6.45) is 0. The third-order valence-electron chi connectivity index (χ3n) is 12.7. The van der Waals surface area contributed by atoms with Crippen LogP contribution in [0.4, 0.5) is 0 Å². The van der Waals surface area contributed by atoms with Crippen molar-refractivity contribution in [1.29, 1.82) is 0 Å². The van der Waals surface area contributed by atoms with Crippen LogP contribution >= 0.6 is 0 Å². The second-order valence-corrected chi connectivity index (χ2v) is 15.5. The maximum atomic E-state index is 2.53. The summed E-state index contributed by atoms with van der Waals surface area (Å²) in [5.74, 6) is 0. The van der Waals surface area contributed by atoms with Gasteiger partial charge in [-0.3, -0.25) is 0 Å². The van der Waals surface area contributed by atoms with Crippen LogP contribution < -0.4 is 0 Å². The van der Waals surface area contributed by atoms with Gasteiger partial charge in [0.25, 0.3) is 0 Å². The van der Waals surface area contributed by atoms with Crippen molar-refractivity contribution >= 4 is 53.9 Å². The second-order valence-electron chi connectivity index (χ2n) is 15.5. The van der Waals surface area contributed by atoms with Gasteiger partial charge >= 0.3 is 0 Å². The minimum atomic E-state index is -0.525. The van der Waals surface area contributed by atoms with E-state index in [1.807, 2.05) is 0 Å². The molecule has 57 heavy (non-hydrogen) atoms. The average Bonchev–Trinajstić information content (AvgIpc) is 3.58. The van der Waals surface area contributed by atoms with Gasteiger partial charge in [-0.1, -0.05) is 200 Å². The van der Waals surface area contributed by atoms with Crippen LogP contribution in [0.25, 0.3) is 87.2 Å². The first-order valence-corrected chi connectivity index (χ1v) is 19.9. The SMILES string of the molecule is c1ccc(C2(c3ccccc3)c3ccccc3-c3c2cc2cc(-c4c5ccccc5cc5c4ccc4ccccc45)ccc2c3-c2cccc3ccccc23)cc1. The van der Waals surface area contributed by atoms with Crippen LogP contribution in [0.5, 0.6) is 0 Å². The number of hydrogen-bond donors (Lipinski definition) is 0. The van der Waals surface area contributed by atoms with Gasteiger partial charge in [0.05, 0.1) is 5.41 Å². The summed E-state index contributed by atoms with van der Waals surface area (Å²) in [5.41, 5.74) is 12.3. The summed E-state index contributed by atoms with van der Waals surface area (Å²) in [5, 5.41) is 12.6. The molecule has 0 heteroatoms. The van der Waals surface area contributed by atoms with Crippen LogP contribution in [0.1, 0.15) is 22.3 Å². The highest BCUT2D eigenvalue weighted by Gasteiger charge is 2.47. The molecule has 0 unspecified atom stereocenters. The molecule has 0 radical (unpaired) electrons. The van der Waals surface area contributed by atoms with Crippen molar-refractivity contribution < 1.29 is 0 Å². The maximum absolute atomic E-state index is 2.53. The molecular formula is C57H36. The Hall–Kier alpha value is -7.28. The molecular weight excluding hydrogens is 685 g/mol. The molecule has 11 aromatic carbocycles. The van der Waals surface area contributed by atoms with Crippen molar-refractivity contribution in [1.82, 2.24) is 0 Å². The standard InChI is InChI=1S/C57H36/c1-3-20-42(21-4-1)57(43-22-5-2-6-23-43)52-29-14-13-27-50(52)56-53(57)36-41-34-40(31-32-47(41)55(56)48-28-15-19-37-16-7-10-24-44(37)48)54-46-26-12-9-18-39(46)35-51-45-25-11-8-17-38(45)30-33-49(51)54/h1-36H. The number of hydrogen-bond acceptors (Lipinski definition) is 0. The zero-order valence-corrected chi connectivity index (χ0v) is 31.3. The van der Waals surface area contributed by atoms with Gasteiger partial charge in [0.15, 0.2) is 0 Å². The van der Waals surface area contributed by atoms with Crippen LogP contribution in [-0.2, 0) is 5.41 Å². The Morgan fingerprint density at radius 1 is 0.246 bits per heavy atom. The molecule has 12 rings (SSSR count). The van der Waals surface area contributed by atoms with E-state index in [0.29, 0.717) is 0 Å². The van der Waals surface area contributed by atoms with Crippen LogP contribution in [0, 0.1) is 0 Å². The number of fused-ring (bicyclic) bond motifs is 9. The third kappa shape index (κ3) is 4.56. The molecule has 11 aromatic rings. The van der Waals surface area contributed by atoms with E-state index in [-0.39, 0.29) is 0 Å². The summed E-state index contributed by atoms with van der Waals surface area (Å²) < 4.78 is 0. The molecule has 0 aliphatic heterocycles. The summed E-state index contributed by atoms with van der Waals surface area (Å²) in [7, 11) is 0. The highest BCUT2D eigenvalue weighted by atomic mass is 14.5. The Balaban J connectivity index is 1.26. The lowest BCUT2D eigenvalue weighted by Gasteiger charge is -2.34. The fourth-order valence-electron chi connectivity index (χ4n) is 10.3. The lowest BCUT2D eigenvalue weighted by molar-refractivity contribution is 0.769. The molecule has 0 saturated heterocycles. The van der Waals surface area contributed by atoms with E-state index in [1.165, 1.54) is 109 Å². The van der Waals surface area contributed by atoms with Gasteiger partial charge in [-0.25, -0.2) is 0 Å². The van der Waals surface area contributed by atoms with Gasteiger partial charge in [0.2, 0.25) is 0 Å². The zero-order valence-electron chi connectivity index (χ0n) is 31.3. The number of rotatable bonds is 4. The first kappa shape index (κ1) is 32.0. The normalized spacial score (nSPS) is 13.1. The van der Waals surface area contributed by atoms with Crippen molar-refractivity contribution in [2.75, 3.05) is 0 Å². The second kappa shape index (κ2) is 12.4. The average molecular weight is 721 g/mol. The van der Waals surface area contributed by atoms with Gasteiger partial charge in [-0.2, -0.15) is 0 Å². The Morgan fingerprint density at radius 2 is 0.807 bits per heavy atom. The summed E-state index contributed by atoms with van der Waals surface area (Å²) in [6, 6.07) is 81.6. The first-order chi connectivity index (χ1) is 28.3. The quantitative estimate of drug-likeness (QED) is 0.125. The molecule has 0 heterocycles. The monoisotopic (exact) mass is 720 g/mol. The molecule has 0 fully saturated rings. The lowest BCUT2D eigenvalue weighted by Crippen LogP contribution is -2.28. The molecule has 1 aliphatic carbocycles. The Morgan fingerprint density at radius 3 is 1.58 bits per heavy atom. The fourth-order valence-corrected chi connectivity index (χ4v) is 10.3. The molecule has 0 N–H and O–H groups in total. The molecule has 0 spiro atoms. The van der Waals surface area contributed by atoms with Crippen molar-refractivity contribution in [3.63, 3.8) is 0 Å². The van der Waals surface area contributed by atoms with Crippen LogP contribution in [0.3, 0.4) is 0 Å². The highest BCUT2D eigenvalue weighted by Crippen LogP contribution is 2.60. The Kier molecular flexibility index (Phi) is 6.94. The van der Waals surface area contributed by atoms with Gasteiger partial charge < -0.3 is 0 Å². The van der Waals surface area contributed by atoms with E-state index in [2.05, 4.69) is 218 Å². The van der Waals surface area contributed by atoms with E-state index >= 15 is 0 Å².